The van der Waals surface area contributed by atoms with Crippen LogP contribution in [0.15, 0.2) is 59.6 Å². The lowest BCUT2D eigenvalue weighted by Gasteiger charge is -2.31. The molecule has 0 saturated heterocycles. The van der Waals surface area contributed by atoms with Gasteiger partial charge in [0.15, 0.2) is 0 Å². The van der Waals surface area contributed by atoms with Gasteiger partial charge in [0.25, 0.3) is 0 Å². The van der Waals surface area contributed by atoms with Crippen LogP contribution in [0.1, 0.15) is 38.8 Å². The van der Waals surface area contributed by atoms with Crippen LogP contribution in [0.4, 0.5) is 5.69 Å². The summed E-state index contributed by atoms with van der Waals surface area (Å²) < 4.78 is 0. The molecule has 0 aromatic heterocycles. The third kappa shape index (κ3) is 4.08. The Kier molecular flexibility index (Phi) is 5.13. The standard InChI is InChI=1S/C22H25N3O2/c1-15(26)25-18-13-9-8-12-17(18)20(16-10-6-5-7-11-16)23-14-19(25)21(27)24-22(2,3)4/h5-13,19H,14H2,1-4H3,(H,24,27). The van der Waals surface area contributed by atoms with E-state index in [9.17, 15) is 9.59 Å². The minimum Gasteiger partial charge on any atom is -0.350 e. The van der Waals surface area contributed by atoms with Crippen molar-refractivity contribution >= 4 is 23.2 Å². The van der Waals surface area contributed by atoms with Crippen LogP contribution in [0.25, 0.3) is 0 Å². The number of rotatable bonds is 2. The fourth-order valence-electron chi connectivity index (χ4n) is 3.28. The zero-order valence-electron chi connectivity index (χ0n) is 16.2. The number of nitrogens with zero attached hydrogens (tertiary/aromatic N) is 2. The van der Waals surface area contributed by atoms with Crippen LogP contribution >= 0.6 is 0 Å². The van der Waals surface area contributed by atoms with Gasteiger partial charge in [0.1, 0.15) is 6.04 Å². The van der Waals surface area contributed by atoms with E-state index in [-0.39, 0.29) is 18.4 Å². The molecule has 2 aromatic rings. The first-order valence-corrected chi connectivity index (χ1v) is 9.09. The molecular formula is C22H25N3O2. The van der Waals surface area contributed by atoms with Crippen molar-refractivity contribution in [3.63, 3.8) is 0 Å². The van der Waals surface area contributed by atoms with Crippen molar-refractivity contribution in [3.8, 4) is 0 Å². The number of amides is 2. The highest BCUT2D eigenvalue weighted by Crippen LogP contribution is 2.29. The van der Waals surface area contributed by atoms with Gasteiger partial charge in [0.05, 0.1) is 17.9 Å². The predicted octanol–water partition coefficient (Wildman–Crippen LogP) is 3.17. The number of anilines is 1. The quantitative estimate of drug-likeness (QED) is 0.891. The van der Waals surface area contributed by atoms with Crippen LogP contribution in [-0.2, 0) is 9.59 Å². The minimum atomic E-state index is -0.691. The van der Waals surface area contributed by atoms with Gasteiger partial charge in [-0.05, 0) is 26.8 Å². The first kappa shape index (κ1) is 18.8. The maximum absolute atomic E-state index is 13.0. The molecule has 1 atom stereocenters. The highest BCUT2D eigenvalue weighted by atomic mass is 16.2. The highest BCUT2D eigenvalue weighted by Gasteiger charge is 2.35. The summed E-state index contributed by atoms with van der Waals surface area (Å²) in [5.41, 5.74) is 2.93. The molecule has 5 heteroatoms. The van der Waals surface area contributed by atoms with E-state index < -0.39 is 11.6 Å². The van der Waals surface area contributed by atoms with Gasteiger partial charge in [-0.25, -0.2) is 0 Å². The summed E-state index contributed by atoms with van der Waals surface area (Å²) in [6, 6.07) is 16.8. The van der Waals surface area contributed by atoms with Crippen LogP contribution < -0.4 is 10.2 Å². The molecular weight excluding hydrogens is 338 g/mol. The number of nitrogens with one attached hydrogen (secondary N) is 1. The van der Waals surface area contributed by atoms with Crippen LogP contribution in [-0.4, -0.2) is 35.7 Å². The van der Waals surface area contributed by atoms with E-state index in [2.05, 4.69) is 5.32 Å². The molecule has 1 N–H and O–H groups in total. The zero-order valence-corrected chi connectivity index (χ0v) is 16.2. The maximum Gasteiger partial charge on any atom is 0.245 e. The number of carbonyl (C=O) groups is 2. The number of hydrogen-bond donors (Lipinski definition) is 1. The number of fused-ring (bicyclic) bond motifs is 1. The molecule has 3 rings (SSSR count). The number of benzene rings is 2. The molecule has 0 radical (unpaired) electrons. The molecule has 1 aliphatic heterocycles. The van der Waals surface area contributed by atoms with E-state index in [0.717, 1.165) is 16.8 Å². The Hall–Kier alpha value is -2.95. The largest absolute Gasteiger partial charge is 0.350 e. The van der Waals surface area contributed by atoms with E-state index in [0.29, 0.717) is 5.69 Å². The Morgan fingerprint density at radius 1 is 1.04 bits per heavy atom. The SMILES string of the molecule is CC(=O)N1c2ccccc2C(c2ccccc2)=NCC1C(=O)NC(C)(C)C. The first-order valence-electron chi connectivity index (χ1n) is 9.09. The van der Waals surface area contributed by atoms with Gasteiger partial charge < -0.3 is 5.32 Å². The highest BCUT2D eigenvalue weighted by molar-refractivity contribution is 6.18. The maximum atomic E-state index is 13.0. The molecule has 0 fully saturated rings. The molecule has 1 aliphatic rings. The monoisotopic (exact) mass is 363 g/mol. The molecule has 27 heavy (non-hydrogen) atoms. The number of hydrogen-bond acceptors (Lipinski definition) is 3. The van der Waals surface area contributed by atoms with Crippen molar-refractivity contribution in [2.45, 2.75) is 39.3 Å². The number of para-hydroxylation sites is 1. The second kappa shape index (κ2) is 7.35. The van der Waals surface area contributed by atoms with E-state index >= 15 is 0 Å². The normalized spacial score (nSPS) is 16.8. The molecule has 0 saturated carbocycles. The topological polar surface area (TPSA) is 61.8 Å². The van der Waals surface area contributed by atoms with Gasteiger partial charge in [-0.1, -0.05) is 48.5 Å². The number of benzodiazepines with no additional fused rings is 1. The summed E-state index contributed by atoms with van der Waals surface area (Å²) in [7, 11) is 0. The van der Waals surface area contributed by atoms with Crippen molar-refractivity contribution in [1.29, 1.82) is 0 Å². The minimum absolute atomic E-state index is 0.180. The number of aliphatic imine (C=N–C) groups is 1. The molecule has 0 aliphatic carbocycles. The molecule has 0 spiro atoms. The lowest BCUT2D eigenvalue weighted by molar-refractivity contribution is -0.126. The zero-order chi connectivity index (χ0) is 19.6. The summed E-state index contributed by atoms with van der Waals surface area (Å²) in [4.78, 5) is 31.8. The molecule has 0 bridgehead atoms. The van der Waals surface area contributed by atoms with Gasteiger partial charge in [-0.15, -0.1) is 0 Å². The van der Waals surface area contributed by atoms with Crippen LogP contribution in [0.3, 0.4) is 0 Å². The van der Waals surface area contributed by atoms with Crippen LogP contribution in [0, 0.1) is 0 Å². The summed E-state index contributed by atoms with van der Waals surface area (Å²) in [5, 5.41) is 2.98. The van der Waals surface area contributed by atoms with E-state index in [1.807, 2.05) is 75.4 Å². The van der Waals surface area contributed by atoms with E-state index in [4.69, 9.17) is 4.99 Å². The molecule has 2 aromatic carbocycles. The summed E-state index contributed by atoms with van der Waals surface area (Å²) in [5.74, 6) is -0.383. The van der Waals surface area contributed by atoms with Crippen LogP contribution in [0.2, 0.25) is 0 Å². The third-order valence-electron chi connectivity index (χ3n) is 4.34. The number of carbonyl (C=O) groups excluding carboxylic acids is 2. The molecule has 1 heterocycles. The van der Waals surface area contributed by atoms with Crippen molar-refractivity contribution < 1.29 is 9.59 Å². The smallest absolute Gasteiger partial charge is 0.245 e. The average molecular weight is 363 g/mol. The molecule has 2 amide bonds. The molecule has 5 nitrogen and oxygen atoms in total. The summed E-state index contributed by atoms with van der Waals surface area (Å²) >= 11 is 0. The van der Waals surface area contributed by atoms with Crippen molar-refractivity contribution in [1.82, 2.24) is 5.32 Å². The van der Waals surface area contributed by atoms with Crippen molar-refractivity contribution in [2.24, 2.45) is 4.99 Å². The lowest BCUT2D eigenvalue weighted by Crippen LogP contribution is -2.54. The van der Waals surface area contributed by atoms with E-state index in [1.165, 1.54) is 6.92 Å². The fourth-order valence-corrected chi connectivity index (χ4v) is 3.28. The third-order valence-corrected chi connectivity index (χ3v) is 4.34. The Bertz CT molecular complexity index is 882. The predicted molar refractivity (Wildman–Crippen MR) is 108 cm³/mol. The van der Waals surface area contributed by atoms with Gasteiger partial charge in [0, 0.05) is 23.6 Å². The van der Waals surface area contributed by atoms with E-state index in [1.54, 1.807) is 4.90 Å². The summed E-state index contributed by atoms with van der Waals surface area (Å²) in [6.45, 7) is 7.47. The Balaban J connectivity index is 2.13. The fraction of sp³-hybridized carbons (Fsp3) is 0.318. The summed E-state index contributed by atoms with van der Waals surface area (Å²) in [6.07, 6.45) is 0. The molecule has 1 unspecified atom stereocenters. The Labute approximate surface area is 160 Å². The van der Waals surface area contributed by atoms with Crippen molar-refractivity contribution in [2.75, 3.05) is 11.4 Å². The molecule has 140 valence electrons. The van der Waals surface area contributed by atoms with Crippen molar-refractivity contribution in [3.05, 3.63) is 65.7 Å². The second-order valence-electron chi connectivity index (χ2n) is 7.72. The van der Waals surface area contributed by atoms with Gasteiger partial charge in [0.2, 0.25) is 11.8 Å². The van der Waals surface area contributed by atoms with Gasteiger partial charge in [-0.3, -0.25) is 19.5 Å². The lowest BCUT2D eigenvalue weighted by atomic mass is 10.00. The first-order chi connectivity index (χ1) is 12.8. The van der Waals surface area contributed by atoms with Gasteiger partial charge >= 0.3 is 0 Å². The Morgan fingerprint density at radius 2 is 1.67 bits per heavy atom. The second-order valence-corrected chi connectivity index (χ2v) is 7.72. The average Bonchev–Trinajstić information content (AvgIpc) is 2.78. The van der Waals surface area contributed by atoms with Gasteiger partial charge in [-0.2, -0.15) is 0 Å². The Morgan fingerprint density at radius 3 is 2.30 bits per heavy atom. The van der Waals surface area contributed by atoms with Crippen LogP contribution in [0.5, 0.6) is 0 Å².